The van der Waals surface area contributed by atoms with Gasteiger partial charge in [-0.15, -0.1) is 12.8 Å². The van der Waals surface area contributed by atoms with Crippen molar-refractivity contribution in [3.63, 3.8) is 0 Å². The van der Waals surface area contributed by atoms with Crippen LogP contribution in [0.1, 0.15) is 44.2 Å². The minimum Gasteiger partial charge on any atom is -0.484 e. The van der Waals surface area contributed by atoms with Crippen molar-refractivity contribution in [3.05, 3.63) is 121 Å². The van der Waals surface area contributed by atoms with Crippen LogP contribution in [-0.4, -0.2) is 132 Å². The van der Waals surface area contributed by atoms with E-state index in [1.165, 1.54) is 25.9 Å². The Morgan fingerprint density at radius 2 is 1.11 bits per heavy atom. The van der Waals surface area contributed by atoms with Crippen molar-refractivity contribution in [1.82, 2.24) is 54.6 Å². The van der Waals surface area contributed by atoms with Gasteiger partial charge >= 0.3 is 5.97 Å². The zero-order chi connectivity index (χ0) is 52.8. The summed E-state index contributed by atoms with van der Waals surface area (Å²) in [6, 6.07) is 22.8. The molecule has 19 heteroatoms. The number of carboxylic acid groups (broad SMARTS) is 1. The normalized spacial score (nSPS) is 13.9. The van der Waals surface area contributed by atoms with Gasteiger partial charge < -0.3 is 46.1 Å². The second kappa shape index (κ2) is 25.9. The molecular formula is C57H64N14O5. The fourth-order valence-electron chi connectivity index (χ4n) is 8.35. The van der Waals surface area contributed by atoms with Crippen molar-refractivity contribution >= 4 is 57.0 Å². The van der Waals surface area contributed by atoms with Gasteiger partial charge in [0.1, 0.15) is 11.5 Å². The SMILES string of the molecule is C.C#Cc1ccc2nc(Nc3cc(OCC(=O)NC4CCN(C)CC4)cc(-c4cnn(C)c4)c3)ncc2c1.C#Cc1ccc2nc(Nc3cc(OCC(=O)O)cc(-c4cnn(C)c4)c3)ncc2c1.CN1CCC(N)CC1. The number of aryl methyl sites for hydroxylation is 2. The highest BCUT2D eigenvalue weighted by Crippen LogP contribution is 2.32. The molecule has 6 N–H and O–H groups in total. The number of anilines is 4. The van der Waals surface area contributed by atoms with Gasteiger partial charge in [0, 0.05) is 108 Å². The zero-order valence-electron chi connectivity index (χ0n) is 42.4. The largest absolute Gasteiger partial charge is 0.484 e. The number of rotatable bonds is 13. The van der Waals surface area contributed by atoms with Crippen molar-refractivity contribution in [2.45, 2.75) is 45.2 Å². The predicted molar refractivity (Wildman–Crippen MR) is 298 cm³/mol. The Morgan fingerprint density at radius 3 is 1.53 bits per heavy atom. The molecule has 1 amide bonds. The third kappa shape index (κ3) is 15.6. The molecule has 4 aromatic heterocycles. The van der Waals surface area contributed by atoms with Crippen LogP contribution >= 0.6 is 0 Å². The smallest absolute Gasteiger partial charge is 0.341 e. The maximum Gasteiger partial charge on any atom is 0.341 e. The summed E-state index contributed by atoms with van der Waals surface area (Å²) >= 11 is 0. The van der Waals surface area contributed by atoms with Crippen LogP contribution in [0, 0.1) is 24.7 Å². The Morgan fingerprint density at radius 1 is 0.645 bits per heavy atom. The second-order valence-corrected chi connectivity index (χ2v) is 18.5. The van der Waals surface area contributed by atoms with E-state index < -0.39 is 12.6 Å². The number of carboxylic acids is 1. The van der Waals surface area contributed by atoms with Gasteiger partial charge in [0.2, 0.25) is 11.9 Å². The number of nitrogens with two attached hydrogens (primary N) is 1. The lowest BCUT2D eigenvalue weighted by molar-refractivity contribution is -0.139. The maximum atomic E-state index is 12.6. The van der Waals surface area contributed by atoms with Crippen molar-refractivity contribution in [1.29, 1.82) is 0 Å². The topological polar surface area (TPSA) is 229 Å². The molecule has 0 unspecified atom stereocenters. The first-order chi connectivity index (χ1) is 36.2. The Hall–Kier alpha value is -8.88. The number of ether oxygens (including phenoxy) is 2. The lowest BCUT2D eigenvalue weighted by Crippen LogP contribution is -2.44. The Kier molecular flexibility index (Phi) is 18.7. The van der Waals surface area contributed by atoms with E-state index in [2.05, 4.69) is 81.8 Å². The van der Waals surface area contributed by atoms with Crippen LogP contribution in [0.25, 0.3) is 44.1 Å². The fourth-order valence-corrected chi connectivity index (χ4v) is 8.35. The first kappa shape index (κ1) is 54.9. The van der Waals surface area contributed by atoms with E-state index in [1.54, 1.807) is 46.3 Å². The lowest BCUT2D eigenvalue weighted by Gasteiger charge is -2.29. The number of amides is 1. The van der Waals surface area contributed by atoms with E-state index in [-0.39, 0.29) is 26.0 Å². The van der Waals surface area contributed by atoms with Crippen molar-refractivity contribution in [2.75, 3.05) is 64.1 Å². The molecule has 6 heterocycles. The average molecular weight is 1030 g/mol. The summed E-state index contributed by atoms with van der Waals surface area (Å²) in [5, 5.41) is 28.6. The molecule has 0 spiro atoms. The molecule has 2 aliphatic rings. The van der Waals surface area contributed by atoms with E-state index in [4.69, 9.17) is 33.2 Å². The molecule has 0 aliphatic carbocycles. The molecule has 4 aromatic carbocycles. The number of fused-ring (bicyclic) bond motifs is 2. The van der Waals surface area contributed by atoms with Crippen LogP contribution < -0.4 is 31.2 Å². The Labute approximate surface area is 442 Å². The van der Waals surface area contributed by atoms with Crippen LogP contribution in [-0.2, 0) is 23.7 Å². The van der Waals surface area contributed by atoms with Gasteiger partial charge in [0.25, 0.3) is 5.91 Å². The summed E-state index contributed by atoms with van der Waals surface area (Å²) in [7, 11) is 7.93. The molecule has 8 aromatic rings. The van der Waals surface area contributed by atoms with Crippen LogP contribution in [0.15, 0.2) is 110 Å². The number of aliphatic carboxylic acids is 1. The molecule has 2 aliphatic heterocycles. The molecule has 0 bridgehead atoms. The highest BCUT2D eigenvalue weighted by molar-refractivity contribution is 5.83. The number of terminal acetylenes is 2. The number of likely N-dealkylation sites (tertiary alicyclic amines) is 2. The van der Waals surface area contributed by atoms with Gasteiger partial charge in [-0.1, -0.05) is 19.3 Å². The molecule has 392 valence electrons. The minimum absolute atomic E-state index is 0. The summed E-state index contributed by atoms with van der Waals surface area (Å²) in [6.45, 7) is 3.82. The first-order valence-corrected chi connectivity index (χ1v) is 24.4. The van der Waals surface area contributed by atoms with E-state index in [1.807, 2.05) is 87.2 Å². The van der Waals surface area contributed by atoms with Crippen molar-refractivity contribution in [3.8, 4) is 58.4 Å². The number of nitrogens with zero attached hydrogens (tertiary/aromatic N) is 10. The number of hydrogen-bond donors (Lipinski definition) is 5. The maximum absolute atomic E-state index is 12.6. The molecule has 0 radical (unpaired) electrons. The zero-order valence-corrected chi connectivity index (χ0v) is 42.4. The molecule has 19 nitrogen and oxygen atoms in total. The average Bonchev–Trinajstić information content (AvgIpc) is 4.06. The van der Waals surface area contributed by atoms with Gasteiger partial charge in [-0.3, -0.25) is 14.2 Å². The number of nitrogens with one attached hydrogen (secondary N) is 3. The van der Waals surface area contributed by atoms with E-state index in [9.17, 15) is 9.59 Å². The number of aromatic nitrogens is 8. The molecule has 0 saturated carbocycles. The molecule has 2 fully saturated rings. The van der Waals surface area contributed by atoms with Crippen LogP contribution in [0.4, 0.5) is 23.3 Å². The van der Waals surface area contributed by atoms with Crippen LogP contribution in [0.5, 0.6) is 11.5 Å². The molecule has 0 atom stereocenters. The number of carbonyl (C=O) groups excluding carboxylic acids is 1. The van der Waals surface area contributed by atoms with Gasteiger partial charge in [0.05, 0.1) is 23.4 Å². The molecule has 76 heavy (non-hydrogen) atoms. The number of carbonyl (C=O) groups is 2. The van der Waals surface area contributed by atoms with Crippen LogP contribution in [0.3, 0.4) is 0 Å². The number of piperidine rings is 2. The lowest BCUT2D eigenvalue weighted by atomic mass is 10.1. The predicted octanol–water partition coefficient (Wildman–Crippen LogP) is 7.24. The second-order valence-electron chi connectivity index (χ2n) is 18.5. The monoisotopic (exact) mass is 1020 g/mol. The summed E-state index contributed by atoms with van der Waals surface area (Å²) in [6.07, 6.45) is 25.9. The van der Waals surface area contributed by atoms with Gasteiger partial charge in [-0.05, 0) is 138 Å². The molecule has 10 rings (SSSR count). The standard InChI is InChI=1S/C28H29N7O2.C22H17N5O3.C6H14N2.CH4/c1-4-19-5-6-26-21(11-19)15-29-28(33-26)32-24-12-20(22-16-30-35(3)17-22)13-25(14-24)37-18-27(36)31-23-7-9-34(2)10-8-23;1-3-14-4-5-20-16(6-14)10-23-22(26-20)25-18-7-15(17-11-24-27(2)12-17)8-19(9-18)30-13-21(28)29;1-8-4-2-6(7)3-5-8;/h1,5-6,11-17,23H,7-10,18H2,2-3H3,(H,31,36)(H,29,32,33);1,4-12H,13H2,2H3,(H,28,29)(H,23,25,26);6H,2-5,7H2,1H3;1H4. The third-order valence-electron chi connectivity index (χ3n) is 12.5. The molecular weight excluding hydrogens is 961 g/mol. The Bertz CT molecular complexity index is 3350. The summed E-state index contributed by atoms with van der Waals surface area (Å²) in [4.78, 5) is 46.0. The number of hydrogen-bond acceptors (Lipinski definition) is 15. The Balaban J connectivity index is 0.000000193. The molecule has 2 saturated heterocycles. The van der Waals surface area contributed by atoms with Gasteiger partial charge in [-0.2, -0.15) is 10.2 Å². The van der Waals surface area contributed by atoms with Gasteiger partial charge in [0.15, 0.2) is 13.2 Å². The minimum atomic E-state index is -1.06. The van der Waals surface area contributed by atoms with Crippen molar-refractivity contribution in [2.24, 2.45) is 19.8 Å². The van der Waals surface area contributed by atoms with Gasteiger partial charge in [-0.25, -0.2) is 24.7 Å². The quantitative estimate of drug-likeness (QED) is 0.0717. The summed E-state index contributed by atoms with van der Waals surface area (Å²) in [5.41, 5.74) is 13.6. The van der Waals surface area contributed by atoms with E-state index >= 15 is 0 Å². The van der Waals surface area contributed by atoms with E-state index in [0.717, 1.165) is 86.8 Å². The summed E-state index contributed by atoms with van der Waals surface area (Å²) < 4.78 is 14.7. The first-order valence-electron chi connectivity index (χ1n) is 24.4. The highest BCUT2D eigenvalue weighted by Gasteiger charge is 2.19. The number of benzene rings is 4. The van der Waals surface area contributed by atoms with Crippen LogP contribution in [0.2, 0.25) is 0 Å². The van der Waals surface area contributed by atoms with Crippen molar-refractivity contribution < 1.29 is 24.2 Å². The highest BCUT2D eigenvalue weighted by atomic mass is 16.5. The third-order valence-corrected chi connectivity index (χ3v) is 12.5. The van der Waals surface area contributed by atoms with E-state index in [0.29, 0.717) is 35.1 Å². The fraction of sp³-hybridized carbons (Fsp3) is 0.298. The summed E-state index contributed by atoms with van der Waals surface area (Å²) in [5.74, 6) is 5.83.